The zero-order valence-electron chi connectivity index (χ0n) is 18.6. The van der Waals surface area contributed by atoms with E-state index in [1.165, 1.54) is 0 Å². The van der Waals surface area contributed by atoms with Crippen LogP contribution in [0.3, 0.4) is 0 Å². The third-order valence-corrected chi connectivity index (χ3v) is 10.1. The molecular weight excluding hydrogens is 454 g/mol. The molecule has 0 unspecified atom stereocenters. The van der Waals surface area contributed by atoms with Crippen molar-refractivity contribution < 1.29 is 4.57 Å². The van der Waals surface area contributed by atoms with Gasteiger partial charge in [-0.15, -0.1) is 0 Å². The zero-order chi connectivity index (χ0) is 23.0. The van der Waals surface area contributed by atoms with Gasteiger partial charge in [-0.05, 0) is 67.6 Å². The molecule has 1 nitrogen and oxygen atoms in total. The molecule has 0 aliphatic heterocycles. The highest BCUT2D eigenvalue weighted by atomic mass is 35.5. The molecule has 4 heteroatoms. The molecule has 0 N–H and O–H groups in total. The normalized spacial score (nSPS) is 11.6. The van der Waals surface area contributed by atoms with Crippen molar-refractivity contribution >= 4 is 46.3 Å². The third kappa shape index (κ3) is 3.84. The maximum absolute atomic E-state index is 15.2. The van der Waals surface area contributed by atoms with E-state index in [0.717, 1.165) is 49.3 Å². The van der Waals surface area contributed by atoms with Crippen LogP contribution in [0.2, 0.25) is 10.0 Å². The molecule has 0 radical (unpaired) electrons. The fourth-order valence-electron chi connectivity index (χ4n) is 4.21. The van der Waals surface area contributed by atoms with E-state index in [2.05, 4.69) is 26.0 Å². The molecule has 32 heavy (non-hydrogen) atoms. The average Bonchev–Trinajstić information content (AvgIpc) is 2.80. The molecule has 4 rings (SSSR count). The van der Waals surface area contributed by atoms with Gasteiger partial charge in [0.25, 0.3) is 0 Å². The largest absolute Gasteiger partial charge is 0.309 e. The van der Waals surface area contributed by atoms with Crippen molar-refractivity contribution in [3.63, 3.8) is 0 Å². The van der Waals surface area contributed by atoms with Crippen LogP contribution in [0, 0.1) is 27.7 Å². The molecule has 0 spiro atoms. The molecule has 0 aliphatic rings. The van der Waals surface area contributed by atoms with Crippen molar-refractivity contribution in [3.8, 4) is 11.1 Å². The van der Waals surface area contributed by atoms with E-state index in [1.807, 2.05) is 80.6 Å². The van der Waals surface area contributed by atoms with Crippen LogP contribution < -0.4 is 15.9 Å². The van der Waals surface area contributed by atoms with Gasteiger partial charge in [0.1, 0.15) is 0 Å². The van der Waals surface area contributed by atoms with Gasteiger partial charge in [0.15, 0.2) is 7.14 Å². The summed E-state index contributed by atoms with van der Waals surface area (Å²) in [5, 5.41) is 3.66. The molecule has 0 aromatic heterocycles. The fraction of sp³-hybridized carbons (Fsp3) is 0.143. The molecule has 0 saturated heterocycles. The maximum Gasteiger partial charge on any atom is 0.171 e. The van der Waals surface area contributed by atoms with Gasteiger partial charge >= 0.3 is 0 Å². The predicted octanol–water partition coefficient (Wildman–Crippen LogP) is 7.53. The second-order valence-electron chi connectivity index (χ2n) is 8.22. The van der Waals surface area contributed by atoms with Crippen LogP contribution >= 0.6 is 30.3 Å². The Balaban J connectivity index is 2.16. The van der Waals surface area contributed by atoms with Gasteiger partial charge in [0.2, 0.25) is 0 Å². The fourth-order valence-corrected chi connectivity index (χ4v) is 7.69. The standard InChI is InChI=1S/C28H25Cl2OP/c1-18-15-24(27-21(4)28(30)20(3)16-25(27)29)26(17-19(18)2)32(31,22-11-7-5-8-12-22)23-13-9-6-10-14-23/h5-17H,1-4H3. The molecule has 0 saturated carbocycles. The summed E-state index contributed by atoms with van der Waals surface area (Å²) < 4.78 is 15.2. The molecule has 0 amide bonds. The molecule has 0 fully saturated rings. The first-order valence-corrected chi connectivity index (χ1v) is 13.0. The van der Waals surface area contributed by atoms with Crippen LogP contribution in [-0.2, 0) is 4.57 Å². The Labute approximate surface area is 200 Å². The summed E-state index contributed by atoms with van der Waals surface area (Å²) in [7, 11) is -3.19. The first-order chi connectivity index (χ1) is 15.2. The SMILES string of the molecule is Cc1cc(-c2c(Cl)cc(C)c(Cl)c2C)c(P(=O)(c2ccccc2)c2ccccc2)cc1C. The Bertz CT molecular complexity index is 1300. The van der Waals surface area contributed by atoms with E-state index >= 15 is 4.57 Å². The van der Waals surface area contributed by atoms with Crippen molar-refractivity contribution in [3.05, 3.63) is 111 Å². The summed E-state index contributed by atoms with van der Waals surface area (Å²) in [6.45, 7) is 8.05. The number of benzene rings is 4. The predicted molar refractivity (Wildman–Crippen MR) is 140 cm³/mol. The Morgan fingerprint density at radius 3 is 1.69 bits per heavy atom. The highest BCUT2D eigenvalue weighted by molar-refractivity contribution is 7.85. The number of hydrogen-bond donors (Lipinski definition) is 0. The van der Waals surface area contributed by atoms with Crippen LogP contribution in [0.25, 0.3) is 11.1 Å². The lowest BCUT2D eigenvalue weighted by Crippen LogP contribution is -2.27. The molecule has 0 atom stereocenters. The van der Waals surface area contributed by atoms with Gasteiger partial charge in [0, 0.05) is 31.5 Å². The number of halogens is 2. The Morgan fingerprint density at radius 2 is 1.16 bits per heavy atom. The smallest absolute Gasteiger partial charge is 0.171 e. The molecule has 0 bridgehead atoms. The van der Waals surface area contributed by atoms with Crippen molar-refractivity contribution in [2.24, 2.45) is 0 Å². The van der Waals surface area contributed by atoms with Crippen molar-refractivity contribution in [2.45, 2.75) is 27.7 Å². The summed E-state index contributed by atoms with van der Waals surface area (Å²) in [5.41, 5.74) is 5.74. The summed E-state index contributed by atoms with van der Waals surface area (Å²) >= 11 is 13.4. The van der Waals surface area contributed by atoms with Crippen LogP contribution in [0.1, 0.15) is 22.3 Å². The molecule has 162 valence electrons. The van der Waals surface area contributed by atoms with Gasteiger partial charge in [-0.1, -0.05) is 89.9 Å². The molecular formula is C28H25Cl2OP. The first-order valence-electron chi connectivity index (χ1n) is 10.5. The lowest BCUT2D eigenvalue weighted by atomic mass is 9.95. The monoisotopic (exact) mass is 478 g/mol. The quantitative estimate of drug-likeness (QED) is 0.277. The highest BCUT2D eigenvalue weighted by Gasteiger charge is 2.33. The second-order valence-corrected chi connectivity index (χ2v) is 11.7. The van der Waals surface area contributed by atoms with Gasteiger partial charge in [0.05, 0.1) is 0 Å². The summed E-state index contributed by atoms with van der Waals surface area (Å²) in [6.07, 6.45) is 0. The van der Waals surface area contributed by atoms with Gasteiger partial charge < -0.3 is 4.57 Å². The lowest BCUT2D eigenvalue weighted by Gasteiger charge is -2.25. The van der Waals surface area contributed by atoms with Gasteiger partial charge in [-0.25, -0.2) is 0 Å². The zero-order valence-corrected chi connectivity index (χ0v) is 21.0. The van der Waals surface area contributed by atoms with E-state index in [9.17, 15) is 0 Å². The number of aryl methyl sites for hydroxylation is 3. The molecule has 4 aromatic rings. The van der Waals surface area contributed by atoms with Crippen molar-refractivity contribution in [1.82, 2.24) is 0 Å². The Kier molecular flexibility index (Phi) is 6.37. The topological polar surface area (TPSA) is 17.1 Å². The van der Waals surface area contributed by atoms with E-state index < -0.39 is 7.14 Å². The van der Waals surface area contributed by atoms with Crippen molar-refractivity contribution in [2.75, 3.05) is 0 Å². The van der Waals surface area contributed by atoms with Crippen LogP contribution in [0.5, 0.6) is 0 Å². The minimum absolute atomic E-state index is 0.613. The Hall–Kier alpha value is -2.31. The van der Waals surface area contributed by atoms with E-state index in [0.29, 0.717) is 10.0 Å². The van der Waals surface area contributed by atoms with E-state index in [1.54, 1.807) is 0 Å². The minimum Gasteiger partial charge on any atom is -0.309 e. The van der Waals surface area contributed by atoms with Crippen LogP contribution in [0.15, 0.2) is 78.9 Å². The summed E-state index contributed by atoms with van der Waals surface area (Å²) in [5.74, 6) is 0. The lowest BCUT2D eigenvalue weighted by molar-refractivity contribution is 0.592. The van der Waals surface area contributed by atoms with Crippen molar-refractivity contribution in [1.29, 1.82) is 0 Å². The molecule has 4 aromatic carbocycles. The highest BCUT2D eigenvalue weighted by Crippen LogP contribution is 2.48. The Morgan fingerprint density at radius 1 is 0.656 bits per heavy atom. The summed E-state index contributed by atoms with van der Waals surface area (Å²) in [4.78, 5) is 0. The van der Waals surface area contributed by atoms with Crippen LogP contribution in [-0.4, -0.2) is 0 Å². The molecule has 0 aliphatic carbocycles. The van der Waals surface area contributed by atoms with E-state index in [-0.39, 0.29) is 0 Å². The van der Waals surface area contributed by atoms with E-state index in [4.69, 9.17) is 23.2 Å². The number of hydrogen-bond acceptors (Lipinski definition) is 1. The minimum atomic E-state index is -3.19. The van der Waals surface area contributed by atoms with Gasteiger partial charge in [-0.3, -0.25) is 0 Å². The summed E-state index contributed by atoms with van der Waals surface area (Å²) in [6, 6.07) is 25.5. The van der Waals surface area contributed by atoms with Crippen LogP contribution in [0.4, 0.5) is 0 Å². The second kappa shape index (κ2) is 8.91. The average molecular weight is 479 g/mol. The van der Waals surface area contributed by atoms with Gasteiger partial charge in [-0.2, -0.15) is 0 Å². The number of rotatable bonds is 4. The first kappa shape index (κ1) is 22.9. The third-order valence-electron chi connectivity index (χ3n) is 6.09. The maximum atomic E-state index is 15.2. The molecule has 0 heterocycles.